The fourth-order valence-electron chi connectivity index (χ4n) is 3.45. The average Bonchev–Trinajstić information content (AvgIpc) is 3.23. The van der Waals surface area contributed by atoms with Crippen LogP contribution in [0.25, 0.3) is 11.3 Å². The molecule has 0 spiro atoms. The minimum atomic E-state index is -0.169. The topological polar surface area (TPSA) is 37.9 Å². The van der Waals surface area contributed by atoms with Crippen LogP contribution in [-0.2, 0) is 24.3 Å². The van der Waals surface area contributed by atoms with Crippen molar-refractivity contribution in [3.05, 3.63) is 69.6 Å². The average molecular weight is 422 g/mol. The summed E-state index contributed by atoms with van der Waals surface area (Å²) < 4.78 is 4.26. The number of rotatable bonds is 4. The van der Waals surface area contributed by atoms with Gasteiger partial charge in [0.1, 0.15) is 6.20 Å². The molecule has 4 nitrogen and oxygen atoms in total. The maximum Gasteiger partial charge on any atom is 0.266 e. The largest absolute Gasteiger partial charge is 0.320 e. The van der Waals surface area contributed by atoms with Crippen LogP contribution in [0.1, 0.15) is 12.2 Å². The molecule has 1 aromatic heterocycles. The van der Waals surface area contributed by atoms with E-state index in [9.17, 15) is 4.79 Å². The smallest absolute Gasteiger partial charge is 0.266 e. The van der Waals surface area contributed by atoms with Gasteiger partial charge in [-0.1, -0.05) is 40.9 Å². The number of carbonyl (C=O) groups is 1. The second-order valence-electron chi connectivity index (χ2n) is 6.47. The predicted octanol–water partition coefficient (Wildman–Crippen LogP) is 4.99. The van der Waals surface area contributed by atoms with Crippen LogP contribution in [0.15, 0.2) is 48.7 Å². The van der Waals surface area contributed by atoms with Crippen molar-refractivity contribution in [2.75, 3.05) is 5.32 Å². The fourth-order valence-corrected chi connectivity index (χ4v) is 4.07. The lowest BCUT2D eigenvalue weighted by Gasteiger charge is -2.08. The van der Waals surface area contributed by atoms with Crippen molar-refractivity contribution in [1.82, 2.24) is 4.57 Å². The molecule has 1 aliphatic rings. The second-order valence-corrected chi connectivity index (χ2v) is 7.72. The molecule has 138 valence electrons. The van der Waals surface area contributed by atoms with Gasteiger partial charge in [0.15, 0.2) is 12.2 Å². The highest BCUT2D eigenvalue weighted by Crippen LogP contribution is 2.30. The molecule has 1 N–H and O–H groups in total. The van der Waals surface area contributed by atoms with Crippen LogP contribution in [0.2, 0.25) is 15.1 Å². The molecule has 27 heavy (non-hydrogen) atoms. The molecular formula is C20H17Cl3N3O+. The van der Waals surface area contributed by atoms with Crippen LogP contribution in [-0.4, -0.2) is 10.5 Å². The van der Waals surface area contributed by atoms with Crippen LogP contribution in [0.5, 0.6) is 0 Å². The Labute approximate surface area is 172 Å². The second kappa shape index (κ2) is 7.55. The molecule has 7 heteroatoms. The zero-order chi connectivity index (χ0) is 19.0. The summed E-state index contributed by atoms with van der Waals surface area (Å²) in [7, 11) is 0. The van der Waals surface area contributed by atoms with E-state index in [1.165, 1.54) is 0 Å². The SMILES string of the molecule is O=C(C[n+]1cc(-c2ccc(Cl)cc2)n2c1CCC2)Nc1c(Cl)cccc1Cl. The van der Waals surface area contributed by atoms with Crippen LogP contribution >= 0.6 is 34.8 Å². The minimum Gasteiger partial charge on any atom is -0.320 e. The number of aromatic nitrogens is 2. The molecule has 4 rings (SSSR count). The molecule has 0 radical (unpaired) electrons. The lowest BCUT2D eigenvalue weighted by atomic mass is 10.2. The third-order valence-electron chi connectivity index (χ3n) is 4.68. The van der Waals surface area contributed by atoms with E-state index in [1.54, 1.807) is 18.2 Å². The van der Waals surface area contributed by atoms with E-state index in [0.29, 0.717) is 20.8 Å². The number of hydrogen-bond donors (Lipinski definition) is 1. The van der Waals surface area contributed by atoms with E-state index < -0.39 is 0 Å². The molecule has 0 saturated heterocycles. The van der Waals surface area contributed by atoms with Gasteiger partial charge in [-0.25, -0.2) is 9.13 Å². The Morgan fingerprint density at radius 3 is 2.48 bits per heavy atom. The Balaban J connectivity index is 1.60. The normalized spacial score (nSPS) is 12.9. The summed E-state index contributed by atoms with van der Waals surface area (Å²) in [6.07, 6.45) is 4.02. The molecule has 1 aliphatic heterocycles. The van der Waals surface area contributed by atoms with Gasteiger partial charge in [0.25, 0.3) is 11.7 Å². The maximum atomic E-state index is 12.6. The molecular weight excluding hydrogens is 405 g/mol. The first-order valence-electron chi connectivity index (χ1n) is 8.64. The van der Waals surface area contributed by atoms with Crippen LogP contribution in [0.4, 0.5) is 5.69 Å². The van der Waals surface area contributed by atoms with E-state index in [4.69, 9.17) is 34.8 Å². The lowest BCUT2D eigenvalue weighted by molar-refractivity contribution is -0.690. The monoisotopic (exact) mass is 420 g/mol. The van der Waals surface area contributed by atoms with Crippen LogP contribution in [0.3, 0.4) is 0 Å². The molecule has 0 atom stereocenters. The van der Waals surface area contributed by atoms with Gasteiger partial charge >= 0.3 is 0 Å². The molecule has 0 bridgehead atoms. The third kappa shape index (κ3) is 3.70. The molecule has 3 aromatic rings. The molecule has 2 aromatic carbocycles. The van der Waals surface area contributed by atoms with Crippen molar-refractivity contribution in [3.8, 4) is 11.3 Å². The standard InChI is InChI=1S/C20H16Cl3N3O/c21-14-8-6-13(7-9-14)17-11-25(19-5-2-10-26(17)19)12-18(27)24-20-15(22)3-1-4-16(20)23/h1,3-4,6-9,11H,2,5,10,12H2/p+1. The summed E-state index contributed by atoms with van der Waals surface area (Å²) >= 11 is 18.3. The van der Waals surface area contributed by atoms with E-state index in [0.717, 1.165) is 36.5 Å². The number of benzene rings is 2. The number of imidazole rings is 1. The molecule has 0 aliphatic carbocycles. The van der Waals surface area contributed by atoms with E-state index >= 15 is 0 Å². The summed E-state index contributed by atoms with van der Waals surface area (Å²) in [6.45, 7) is 1.14. The number of anilines is 1. The predicted molar refractivity (Wildman–Crippen MR) is 108 cm³/mol. The van der Waals surface area contributed by atoms with Gasteiger partial charge in [0, 0.05) is 10.6 Å². The Hall–Kier alpha value is -2.01. The Bertz CT molecular complexity index is 992. The first-order valence-corrected chi connectivity index (χ1v) is 9.78. The highest BCUT2D eigenvalue weighted by atomic mass is 35.5. The van der Waals surface area contributed by atoms with Crippen molar-refractivity contribution in [2.45, 2.75) is 25.9 Å². The minimum absolute atomic E-state index is 0.169. The number of halogens is 3. The first kappa shape index (κ1) is 18.4. The summed E-state index contributed by atoms with van der Waals surface area (Å²) in [5.74, 6) is 0.971. The van der Waals surface area contributed by atoms with Gasteiger partial charge < -0.3 is 5.32 Å². The Kier molecular flexibility index (Phi) is 5.13. The van der Waals surface area contributed by atoms with Gasteiger partial charge in [-0.3, -0.25) is 4.79 Å². The maximum absolute atomic E-state index is 12.6. The molecule has 0 unspecified atom stereocenters. The molecule has 2 heterocycles. The van der Waals surface area contributed by atoms with Crippen molar-refractivity contribution < 1.29 is 9.36 Å². The number of para-hydroxylation sites is 1. The summed E-state index contributed by atoms with van der Waals surface area (Å²) in [6, 6.07) is 12.9. The molecule has 1 amide bonds. The van der Waals surface area contributed by atoms with E-state index in [1.807, 2.05) is 35.0 Å². The zero-order valence-corrected chi connectivity index (χ0v) is 16.7. The van der Waals surface area contributed by atoms with Crippen molar-refractivity contribution in [2.24, 2.45) is 0 Å². The van der Waals surface area contributed by atoms with Gasteiger partial charge in [-0.05, 0) is 42.8 Å². The van der Waals surface area contributed by atoms with Crippen LogP contribution in [0, 0.1) is 0 Å². The Morgan fingerprint density at radius 1 is 1.07 bits per heavy atom. The summed E-state index contributed by atoms with van der Waals surface area (Å²) in [4.78, 5) is 12.6. The third-order valence-corrected chi connectivity index (χ3v) is 5.56. The number of carbonyl (C=O) groups excluding carboxylic acids is 1. The molecule has 0 saturated carbocycles. The highest BCUT2D eigenvalue weighted by molar-refractivity contribution is 6.39. The summed E-state index contributed by atoms with van der Waals surface area (Å²) in [5, 5.41) is 4.37. The summed E-state index contributed by atoms with van der Waals surface area (Å²) in [5.41, 5.74) is 2.61. The number of hydrogen-bond acceptors (Lipinski definition) is 1. The molecule has 0 fully saturated rings. The fraction of sp³-hybridized carbons (Fsp3) is 0.200. The lowest BCUT2D eigenvalue weighted by Crippen LogP contribution is -2.42. The Morgan fingerprint density at radius 2 is 1.78 bits per heavy atom. The number of nitrogens with zero attached hydrogens (tertiary/aromatic N) is 2. The van der Waals surface area contributed by atoms with Crippen molar-refractivity contribution >= 4 is 46.4 Å². The number of nitrogens with one attached hydrogen (secondary N) is 1. The van der Waals surface area contributed by atoms with Gasteiger partial charge in [-0.2, -0.15) is 0 Å². The number of fused-ring (bicyclic) bond motifs is 1. The highest BCUT2D eigenvalue weighted by Gasteiger charge is 2.29. The van der Waals surface area contributed by atoms with E-state index in [-0.39, 0.29) is 12.5 Å². The quantitative estimate of drug-likeness (QED) is 0.592. The van der Waals surface area contributed by atoms with E-state index in [2.05, 4.69) is 9.88 Å². The van der Waals surface area contributed by atoms with Gasteiger partial charge in [0.2, 0.25) is 0 Å². The van der Waals surface area contributed by atoms with Crippen LogP contribution < -0.4 is 9.88 Å². The zero-order valence-electron chi connectivity index (χ0n) is 14.4. The first-order chi connectivity index (χ1) is 13.0. The van der Waals surface area contributed by atoms with Crippen molar-refractivity contribution in [1.29, 1.82) is 0 Å². The van der Waals surface area contributed by atoms with Gasteiger partial charge in [0.05, 0.1) is 28.7 Å². The van der Waals surface area contributed by atoms with Gasteiger partial charge in [-0.15, -0.1) is 0 Å². The number of amides is 1. The van der Waals surface area contributed by atoms with Crippen molar-refractivity contribution in [3.63, 3.8) is 0 Å².